The van der Waals surface area contributed by atoms with Crippen LogP contribution in [0.2, 0.25) is 0 Å². The molecule has 2 aliphatic rings. The van der Waals surface area contributed by atoms with Crippen LogP contribution in [-0.4, -0.2) is 41.2 Å². The standard InChI is InChI=1S/C21H32N2O3/c1-2-12-22(16-19-9-6-13-26-19)21(25)18-10-11-20(24)23(15-18)14-17-7-4-3-5-8-17/h6,9,13,17-18H,2-5,7-8,10-12,14-16H2,1H3. The summed E-state index contributed by atoms with van der Waals surface area (Å²) in [7, 11) is 0. The van der Waals surface area contributed by atoms with Crippen LogP contribution in [0.15, 0.2) is 22.8 Å². The summed E-state index contributed by atoms with van der Waals surface area (Å²) in [6.07, 6.45) is 10.1. The lowest BCUT2D eigenvalue weighted by Gasteiger charge is -2.37. The van der Waals surface area contributed by atoms with Crippen LogP contribution in [0.5, 0.6) is 0 Å². The molecule has 0 aromatic carbocycles. The summed E-state index contributed by atoms with van der Waals surface area (Å²) in [6.45, 7) is 4.77. The summed E-state index contributed by atoms with van der Waals surface area (Å²) in [4.78, 5) is 29.4. The highest BCUT2D eigenvalue weighted by atomic mass is 16.3. The molecule has 3 rings (SSSR count). The van der Waals surface area contributed by atoms with Gasteiger partial charge in [0.2, 0.25) is 11.8 Å². The van der Waals surface area contributed by atoms with E-state index in [0.29, 0.717) is 31.8 Å². The van der Waals surface area contributed by atoms with Crippen LogP contribution >= 0.6 is 0 Å². The molecule has 1 saturated heterocycles. The molecule has 144 valence electrons. The summed E-state index contributed by atoms with van der Waals surface area (Å²) in [5.74, 6) is 1.77. The summed E-state index contributed by atoms with van der Waals surface area (Å²) >= 11 is 0. The minimum Gasteiger partial charge on any atom is -0.467 e. The van der Waals surface area contributed by atoms with Gasteiger partial charge in [-0.05, 0) is 43.7 Å². The average Bonchev–Trinajstić information content (AvgIpc) is 3.17. The molecule has 1 saturated carbocycles. The van der Waals surface area contributed by atoms with Gasteiger partial charge >= 0.3 is 0 Å². The number of nitrogens with zero attached hydrogens (tertiary/aromatic N) is 2. The van der Waals surface area contributed by atoms with Crippen LogP contribution in [0.25, 0.3) is 0 Å². The zero-order chi connectivity index (χ0) is 18.4. The highest BCUT2D eigenvalue weighted by Crippen LogP contribution is 2.27. The number of likely N-dealkylation sites (tertiary alicyclic amines) is 1. The fourth-order valence-corrected chi connectivity index (χ4v) is 4.36. The van der Waals surface area contributed by atoms with Crippen molar-refractivity contribution in [2.24, 2.45) is 11.8 Å². The van der Waals surface area contributed by atoms with E-state index in [0.717, 1.165) is 25.3 Å². The van der Waals surface area contributed by atoms with E-state index in [-0.39, 0.29) is 17.7 Å². The van der Waals surface area contributed by atoms with Gasteiger partial charge in [0.15, 0.2) is 0 Å². The highest BCUT2D eigenvalue weighted by Gasteiger charge is 2.33. The predicted molar refractivity (Wildman–Crippen MR) is 100 cm³/mol. The van der Waals surface area contributed by atoms with Crippen LogP contribution in [0.4, 0.5) is 0 Å². The molecule has 2 heterocycles. The van der Waals surface area contributed by atoms with Crippen molar-refractivity contribution in [2.45, 2.75) is 64.8 Å². The molecule has 0 radical (unpaired) electrons. The van der Waals surface area contributed by atoms with Crippen molar-refractivity contribution < 1.29 is 14.0 Å². The SMILES string of the molecule is CCCN(Cc1ccco1)C(=O)C1CCC(=O)N(CC2CCCCC2)C1. The van der Waals surface area contributed by atoms with Crippen LogP contribution in [0.1, 0.15) is 64.1 Å². The fraction of sp³-hybridized carbons (Fsp3) is 0.714. The van der Waals surface area contributed by atoms with Crippen molar-refractivity contribution in [2.75, 3.05) is 19.6 Å². The lowest BCUT2D eigenvalue weighted by atomic mass is 9.87. The van der Waals surface area contributed by atoms with Crippen LogP contribution in [0, 0.1) is 11.8 Å². The number of amides is 2. The molecule has 1 aliphatic heterocycles. The van der Waals surface area contributed by atoms with Gasteiger partial charge in [-0.1, -0.05) is 26.2 Å². The quantitative estimate of drug-likeness (QED) is 0.742. The lowest BCUT2D eigenvalue weighted by Crippen LogP contribution is -2.48. The Morgan fingerprint density at radius 2 is 2.08 bits per heavy atom. The molecule has 2 amide bonds. The van der Waals surface area contributed by atoms with Crippen LogP contribution < -0.4 is 0 Å². The second-order valence-electron chi connectivity index (χ2n) is 7.88. The maximum atomic E-state index is 13.1. The van der Waals surface area contributed by atoms with Crippen LogP contribution in [-0.2, 0) is 16.1 Å². The van der Waals surface area contributed by atoms with Gasteiger partial charge in [-0.3, -0.25) is 9.59 Å². The number of carbonyl (C=O) groups is 2. The lowest BCUT2D eigenvalue weighted by molar-refractivity contribution is -0.144. The smallest absolute Gasteiger partial charge is 0.227 e. The Bertz CT molecular complexity index is 578. The second kappa shape index (κ2) is 9.24. The molecular weight excluding hydrogens is 328 g/mol. The van der Waals surface area contributed by atoms with Gasteiger partial charge in [0.05, 0.1) is 18.7 Å². The third-order valence-corrected chi connectivity index (χ3v) is 5.78. The Morgan fingerprint density at radius 1 is 1.27 bits per heavy atom. The molecule has 5 nitrogen and oxygen atoms in total. The Balaban J connectivity index is 1.60. The van der Waals surface area contributed by atoms with Gasteiger partial charge in [0.25, 0.3) is 0 Å². The van der Waals surface area contributed by atoms with Crippen molar-refractivity contribution in [1.29, 1.82) is 0 Å². The Morgan fingerprint density at radius 3 is 2.77 bits per heavy atom. The first-order valence-corrected chi connectivity index (χ1v) is 10.3. The Kier molecular flexibility index (Phi) is 6.75. The van der Waals surface area contributed by atoms with E-state index in [1.807, 2.05) is 21.9 Å². The van der Waals surface area contributed by atoms with E-state index < -0.39 is 0 Å². The molecule has 1 aromatic heterocycles. The number of hydrogen-bond donors (Lipinski definition) is 0. The molecule has 1 aliphatic carbocycles. The third kappa shape index (κ3) is 4.89. The number of piperidine rings is 1. The van der Waals surface area contributed by atoms with Crippen molar-refractivity contribution in [3.63, 3.8) is 0 Å². The summed E-state index contributed by atoms with van der Waals surface area (Å²) in [5.41, 5.74) is 0. The molecular formula is C21H32N2O3. The molecule has 5 heteroatoms. The van der Waals surface area contributed by atoms with Crippen molar-refractivity contribution >= 4 is 11.8 Å². The molecule has 0 bridgehead atoms. The van der Waals surface area contributed by atoms with Crippen molar-refractivity contribution in [3.05, 3.63) is 24.2 Å². The summed E-state index contributed by atoms with van der Waals surface area (Å²) < 4.78 is 5.43. The zero-order valence-corrected chi connectivity index (χ0v) is 16.0. The van der Waals surface area contributed by atoms with Crippen molar-refractivity contribution in [3.8, 4) is 0 Å². The number of rotatable bonds is 7. The third-order valence-electron chi connectivity index (χ3n) is 5.78. The summed E-state index contributed by atoms with van der Waals surface area (Å²) in [5, 5.41) is 0. The van der Waals surface area contributed by atoms with Gasteiger partial charge in [0, 0.05) is 26.1 Å². The minimum atomic E-state index is -0.0715. The Labute approximate surface area is 156 Å². The largest absolute Gasteiger partial charge is 0.467 e. The molecule has 2 fully saturated rings. The first kappa shape index (κ1) is 19.0. The number of carbonyl (C=O) groups excluding carboxylic acids is 2. The number of furan rings is 1. The van der Waals surface area contributed by atoms with Gasteiger partial charge < -0.3 is 14.2 Å². The van der Waals surface area contributed by atoms with Crippen molar-refractivity contribution in [1.82, 2.24) is 9.80 Å². The first-order chi connectivity index (χ1) is 12.7. The maximum Gasteiger partial charge on any atom is 0.227 e. The maximum absolute atomic E-state index is 13.1. The van der Waals surface area contributed by atoms with E-state index in [4.69, 9.17) is 4.42 Å². The minimum absolute atomic E-state index is 0.0715. The molecule has 26 heavy (non-hydrogen) atoms. The number of hydrogen-bond acceptors (Lipinski definition) is 3. The molecule has 1 unspecified atom stereocenters. The van der Waals surface area contributed by atoms with E-state index >= 15 is 0 Å². The summed E-state index contributed by atoms with van der Waals surface area (Å²) in [6, 6.07) is 3.77. The van der Waals surface area contributed by atoms with Crippen LogP contribution in [0.3, 0.4) is 0 Å². The monoisotopic (exact) mass is 360 g/mol. The van der Waals surface area contributed by atoms with E-state index in [1.54, 1.807) is 6.26 Å². The average molecular weight is 360 g/mol. The molecule has 1 aromatic rings. The molecule has 0 spiro atoms. The highest BCUT2D eigenvalue weighted by molar-refractivity contribution is 5.83. The van der Waals surface area contributed by atoms with E-state index in [1.165, 1.54) is 32.1 Å². The topological polar surface area (TPSA) is 53.8 Å². The fourth-order valence-electron chi connectivity index (χ4n) is 4.36. The first-order valence-electron chi connectivity index (χ1n) is 10.3. The molecule has 0 N–H and O–H groups in total. The van der Waals surface area contributed by atoms with Gasteiger partial charge in [0.1, 0.15) is 5.76 Å². The van der Waals surface area contributed by atoms with Gasteiger partial charge in [-0.25, -0.2) is 0 Å². The van der Waals surface area contributed by atoms with E-state index in [9.17, 15) is 9.59 Å². The van der Waals surface area contributed by atoms with Gasteiger partial charge in [-0.2, -0.15) is 0 Å². The zero-order valence-electron chi connectivity index (χ0n) is 16.0. The van der Waals surface area contributed by atoms with Gasteiger partial charge in [-0.15, -0.1) is 0 Å². The normalized spacial score (nSPS) is 21.8. The van der Waals surface area contributed by atoms with E-state index in [2.05, 4.69) is 6.92 Å². The second-order valence-corrected chi connectivity index (χ2v) is 7.88. The predicted octanol–water partition coefficient (Wildman–Crippen LogP) is 3.84. The Hall–Kier alpha value is -1.78. The molecule has 1 atom stereocenters.